The molecule has 0 saturated carbocycles. The summed E-state index contributed by atoms with van der Waals surface area (Å²) >= 11 is 6.27. The number of nitrogens with two attached hydrogens (primary N) is 1. The van der Waals surface area contributed by atoms with E-state index in [4.69, 9.17) is 17.3 Å². The molecule has 4 rings (SSSR count). The van der Waals surface area contributed by atoms with Crippen LogP contribution in [0.25, 0.3) is 10.9 Å². The molecule has 0 unspecified atom stereocenters. The molecule has 2 heterocycles. The van der Waals surface area contributed by atoms with Gasteiger partial charge in [0, 0.05) is 43.3 Å². The second kappa shape index (κ2) is 8.87. The number of H-pyrrole nitrogens is 1. The number of para-hydroxylation sites is 2. The first kappa shape index (κ1) is 21.0. The molecular formula is C22H24ClN5O3. The fourth-order valence-corrected chi connectivity index (χ4v) is 4.19. The van der Waals surface area contributed by atoms with Crippen LogP contribution in [0.3, 0.4) is 0 Å². The molecular weight excluding hydrogens is 418 g/mol. The number of carboxylic acids is 1. The topological polar surface area (TPSA) is 115 Å². The van der Waals surface area contributed by atoms with Crippen molar-refractivity contribution in [2.45, 2.75) is 12.1 Å². The summed E-state index contributed by atoms with van der Waals surface area (Å²) in [6.45, 7) is 2.10. The standard InChI is InChI=1S/C22H24ClN5O3/c23-16-6-2-4-8-18(16)27-9-11-28(12-10-27)22(31)26-20(21(29)30)19(24)15-13-25-17-7-3-1-5-14(15)17/h1-8,13,19-20,25H,9-12,24H2,(H,26,31)(H,29,30)/t19-,20+/m0/s1. The van der Waals surface area contributed by atoms with Gasteiger partial charge in [-0.2, -0.15) is 0 Å². The third kappa shape index (κ3) is 4.30. The number of carbonyl (C=O) groups excluding carboxylic acids is 1. The lowest BCUT2D eigenvalue weighted by Crippen LogP contribution is -2.56. The van der Waals surface area contributed by atoms with Crippen LogP contribution >= 0.6 is 11.6 Å². The molecule has 0 aliphatic carbocycles. The molecule has 2 amide bonds. The second-order valence-corrected chi connectivity index (χ2v) is 7.91. The van der Waals surface area contributed by atoms with Gasteiger partial charge in [-0.1, -0.05) is 41.9 Å². The maximum Gasteiger partial charge on any atom is 0.328 e. The van der Waals surface area contributed by atoms with Crippen molar-refractivity contribution in [1.82, 2.24) is 15.2 Å². The number of carboxylic acid groups (broad SMARTS) is 1. The molecule has 0 radical (unpaired) electrons. The van der Waals surface area contributed by atoms with Gasteiger partial charge < -0.3 is 30.9 Å². The van der Waals surface area contributed by atoms with Crippen LogP contribution in [0.5, 0.6) is 0 Å². The number of hydrogen-bond acceptors (Lipinski definition) is 4. The van der Waals surface area contributed by atoms with Gasteiger partial charge in [-0.15, -0.1) is 0 Å². The van der Waals surface area contributed by atoms with Gasteiger partial charge in [0.15, 0.2) is 0 Å². The van der Waals surface area contributed by atoms with Crippen molar-refractivity contribution in [3.05, 3.63) is 65.3 Å². The highest BCUT2D eigenvalue weighted by atomic mass is 35.5. The number of urea groups is 1. The fourth-order valence-electron chi connectivity index (χ4n) is 3.94. The van der Waals surface area contributed by atoms with E-state index in [2.05, 4.69) is 15.2 Å². The van der Waals surface area contributed by atoms with Crippen molar-refractivity contribution in [1.29, 1.82) is 0 Å². The second-order valence-electron chi connectivity index (χ2n) is 7.51. The SMILES string of the molecule is N[C@@H](c1c[nH]c2ccccc12)[C@@H](NC(=O)N1CCN(c2ccccc2Cl)CC1)C(=O)O. The lowest BCUT2D eigenvalue weighted by Gasteiger charge is -2.37. The summed E-state index contributed by atoms with van der Waals surface area (Å²) in [5, 5.41) is 13.8. The van der Waals surface area contributed by atoms with E-state index in [9.17, 15) is 14.7 Å². The third-order valence-corrected chi connectivity index (χ3v) is 5.96. The van der Waals surface area contributed by atoms with Crippen LogP contribution in [0.15, 0.2) is 54.7 Å². The van der Waals surface area contributed by atoms with Gasteiger partial charge in [-0.05, 0) is 23.8 Å². The maximum absolute atomic E-state index is 12.8. The van der Waals surface area contributed by atoms with Crippen LogP contribution in [-0.4, -0.2) is 59.2 Å². The number of anilines is 1. The van der Waals surface area contributed by atoms with E-state index < -0.39 is 24.1 Å². The van der Waals surface area contributed by atoms with Crippen molar-refractivity contribution in [2.75, 3.05) is 31.1 Å². The number of nitrogens with one attached hydrogen (secondary N) is 2. The zero-order valence-electron chi connectivity index (χ0n) is 16.8. The molecule has 31 heavy (non-hydrogen) atoms. The molecule has 0 spiro atoms. The van der Waals surface area contributed by atoms with Crippen LogP contribution in [0.4, 0.5) is 10.5 Å². The van der Waals surface area contributed by atoms with E-state index in [1.54, 1.807) is 11.1 Å². The zero-order valence-corrected chi connectivity index (χ0v) is 17.5. The number of hydrogen-bond donors (Lipinski definition) is 4. The first-order valence-corrected chi connectivity index (χ1v) is 10.4. The molecule has 3 aromatic rings. The van der Waals surface area contributed by atoms with E-state index in [-0.39, 0.29) is 0 Å². The Morgan fingerprint density at radius 1 is 1.06 bits per heavy atom. The Kier molecular flexibility index (Phi) is 6.01. The molecule has 1 aliphatic rings. The first-order valence-electron chi connectivity index (χ1n) is 10.0. The number of aliphatic carboxylic acids is 1. The minimum Gasteiger partial charge on any atom is -0.480 e. The van der Waals surface area contributed by atoms with Gasteiger partial charge in [-0.3, -0.25) is 0 Å². The maximum atomic E-state index is 12.8. The Bertz CT molecular complexity index is 1090. The Balaban J connectivity index is 1.42. The first-order chi connectivity index (χ1) is 15.0. The highest BCUT2D eigenvalue weighted by Gasteiger charge is 2.32. The minimum absolute atomic E-state index is 0.443. The number of carbonyl (C=O) groups is 2. The summed E-state index contributed by atoms with van der Waals surface area (Å²) in [5.74, 6) is -1.18. The summed E-state index contributed by atoms with van der Waals surface area (Å²) in [6, 6.07) is 12.5. The average Bonchev–Trinajstić information content (AvgIpc) is 3.21. The normalized spacial score (nSPS) is 16.2. The van der Waals surface area contributed by atoms with E-state index in [1.165, 1.54) is 0 Å². The molecule has 162 valence electrons. The van der Waals surface area contributed by atoms with Crippen molar-refractivity contribution in [3.63, 3.8) is 0 Å². The monoisotopic (exact) mass is 441 g/mol. The summed E-state index contributed by atoms with van der Waals surface area (Å²) in [6.07, 6.45) is 1.69. The number of aromatic nitrogens is 1. The van der Waals surface area contributed by atoms with Gasteiger partial charge in [0.1, 0.15) is 6.04 Å². The van der Waals surface area contributed by atoms with Crippen molar-refractivity contribution in [3.8, 4) is 0 Å². The molecule has 1 saturated heterocycles. The van der Waals surface area contributed by atoms with Crippen LogP contribution < -0.4 is 16.0 Å². The molecule has 1 aromatic heterocycles. The predicted molar refractivity (Wildman–Crippen MR) is 120 cm³/mol. The predicted octanol–water partition coefficient (Wildman–Crippen LogP) is 2.81. The smallest absolute Gasteiger partial charge is 0.328 e. The van der Waals surface area contributed by atoms with E-state index in [0.717, 1.165) is 16.6 Å². The molecule has 5 N–H and O–H groups in total. The molecule has 9 heteroatoms. The Labute approximate surface area is 184 Å². The van der Waals surface area contributed by atoms with Crippen LogP contribution in [0.2, 0.25) is 5.02 Å². The number of benzene rings is 2. The largest absolute Gasteiger partial charge is 0.480 e. The highest BCUT2D eigenvalue weighted by molar-refractivity contribution is 6.33. The molecule has 1 fully saturated rings. The van der Waals surface area contributed by atoms with Gasteiger partial charge in [0.25, 0.3) is 0 Å². The van der Waals surface area contributed by atoms with E-state index in [0.29, 0.717) is 36.8 Å². The van der Waals surface area contributed by atoms with Crippen molar-refractivity contribution >= 4 is 40.2 Å². The molecule has 8 nitrogen and oxygen atoms in total. The zero-order chi connectivity index (χ0) is 22.0. The number of rotatable bonds is 5. The Hall–Kier alpha value is -3.23. The fraction of sp³-hybridized carbons (Fsp3) is 0.273. The van der Waals surface area contributed by atoms with E-state index >= 15 is 0 Å². The van der Waals surface area contributed by atoms with Crippen LogP contribution in [-0.2, 0) is 4.79 Å². The number of aromatic amines is 1. The molecule has 2 aromatic carbocycles. The average molecular weight is 442 g/mol. The number of nitrogens with zero attached hydrogens (tertiary/aromatic N) is 2. The van der Waals surface area contributed by atoms with Crippen molar-refractivity contribution < 1.29 is 14.7 Å². The van der Waals surface area contributed by atoms with Crippen molar-refractivity contribution in [2.24, 2.45) is 5.73 Å². The van der Waals surface area contributed by atoms with Gasteiger partial charge >= 0.3 is 12.0 Å². The molecule has 0 bridgehead atoms. The summed E-state index contributed by atoms with van der Waals surface area (Å²) in [7, 11) is 0. The van der Waals surface area contributed by atoms with Gasteiger partial charge in [0.2, 0.25) is 0 Å². The summed E-state index contributed by atoms with van der Waals surface area (Å²) in [5.41, 5.74) is 8.72. The number of piperazine rings is 1. The molecule has 1 aliphatic heterocycles. The Morgan fingerprint density at radius 2 is 1.74 bits per heavy atom. The Morgan fingerprint density at radius 3 is 2.45 bits per heavy atom. The van der Waals surface area contributed by atoms with Gasteiger partial charge in [0.05, 0.1) is 16.8 Å². The summed E-state index contributed by atoms with van der Waals surface area (Å²) < 4.78 is 0. The quantitative estimate of drug-likeness (QED) is 0.486. The summed E-state index contributed by atoms with van der Waals surface area (Å²) in [4.78, 5) is 31.5. The third-order valence-electron chi connectivity index (χ3n) is 5.64. The lowest BCUT2D eigenvalue weighted by atomic mass is 9.99. The van der Waals surface area contributed by atoms with Crippen LogP contribution in [0, 0.1) is 0 Å². The number of fused-ring (bicyclic) bond motifs is 1. The number of halogens is 1. The van der Waals surface area contributed by atoms with Gasteiger partial charge in [-0.25, -0.2) is 9.59 Å². The molecule has 2 atom stereocenters. The highest BCUT2D eigenvalue weighted by Crippen LogP contribution is 2.27. The van der Waals surface area contributed by atoms with Crippen LogP contribution in [0.1, 0.15) is 11.6 Å². The van der Waals surface area contributed by atoms with E-state index in [1.807, 2.05) is 48.5 Å². The minimum atomic E-state index is -1.26. The lowest BCUT2D eigenvalue weighted by molar-refractivity contribution is -0.139. The number of amides is 2.